The van der Waals surface area contributed by atoms with E-state index >= 15 is 0 Å². The van der Waals surface area contributed by atoms with Crippen molar-refractivity contribution in [1.29, 1.82) is 0 Å². The SMILES string of the molecule is COc1ccccc1NC(=O)Nc1nc(C)c(C(=O)Nc2ccccc2OC)s1. The Labute approximate surface area is 171 Å². The molecule has 0 bridgehead atoms. The Morgan fingerprint density at radius 3 is 2.00 bits per heavy atom. The van der Waals surface area contributed by atoms with Gasteiger partial charge in [-0.05, 0) is 31.2 Å². The highest BCUT2D eigenvalue weighted by atomic mass is 32.1. The fourth-order valence-electron chi connectivity index (χ4n) is 2.59. The number of aryl methyl sites for hydroxylation is 1. The van der Waals surface area contributed by atoms with Crippen molar-refractivity contribution >= 4 is 39.8 Å². The van der Waals surface area contributed by atoms with Crippen molar-refractivity contribution in [3.8, 4) is 11.5 Å². The highest BCUT2D eigenvalue weighted by molar-refractivity contribution is 7.17. The van der Waals surface area contributed by atoms with E-state index in [4.69, 9.17) is 9.47 Å². The van der Waals surface area contributed by atoms with Gasteiger partial charge in [0, 0.05) is 0 Å². The topological polar surface area (TPSA) is 102 Å². The van der Waals surface area contributed by atoms with Crippen molar-refractivity contribution in [3.63, 3.8) is 0 Å². The van der Waals surface area contributed by atoms with E-state index in [1.165, 1.54) is 14.2 Å². The van der Waals surface area contributed by atoms with Crippen LogP contribution in [0.25, 0.3) is 0 Å². The first-order valence-electron chi connectivity index (χ1n) is 8.64. The smallest absolute Gasteiger partial charge is 0.325 e. The highest BCUT2D eigenvalue weighted by Crippen LogP contribution is 2.28. The molecule has 1 heterocycles. The molecule has 3 aromatic rings. The second-order valence-electron chi connectivity index (χ2n) is 5.87. The molecular formula is C20H20N4O4S. The summed E-state index contributed by atoms with van der Waals surface area (Å²) in [6.07, 6.45) is 0. The summed E-state index contributed by atoms with van der Waals surface area (Å²) in [7, 11) is 3.06. The summed E-state index contributed by atoms with van der Waals surface area (Å²) in [4.78, 5) is 29.6. The summed E-state index contributed by atoms with van der Waals surface area (Å²) >= 11 is 1.08. The zero-order valence-corrected chi connectivity index (χ0v) is 16.9. The Kier molecular flexibility index (Phi) is 6.30. The standard InChI is InChI=1S/C20H20N4O4S/c1-12-17(18(25)22-13-8-4-6-10-15(13)27-2)29-20(21-12)24-19(26)23-14-9-5-7-11-16(14)28-3/h4-11H,1-3H3,(H,22,25)(H2,21,23,24,26). The Hall–Kier alpha value is -3.59. The second-order valence-corrected chi connectivity index (χ2v) is 6.87. The molecule has 9 heteroatoms. The lowest BCUT2D eigenvalue weighted by Crippen LogP contribution is -2.19. The number of hydrogen-bond donors (Lipinski definition) is 3. The number of nitrogens with one attached hydrogen (secondary N) is 3. The van der Waals surface area contributed by atoms with Crippen molar-refractivity contribution in [3.05, 3.63) is 59.1 Å². The average Bonchev–Trinajstić information content (AvgIpc) is 3.08. The molecule has 0 aliphatic heterocycles. The number of nitrogens with zero attached hydrogens (tertiary/aromatic N) is 1. The number of anilines is 3. The minimum atomic E-state index is -0.486. The Morgan fingerprint density at radius 1 is 0.862 bits per heavy atom. The number of ether oxygens (including phenoxy) is 2. The van der Waals surface area contributed by atoms with Crippen molar-refractivity contribution in [2.45, 2.75) is 6.92 Å². The van der Waals surface area contributed by atoms with Crippen LogP contribution in [0.3, 0.4) is 0 Å². The molecule has 29 heavy (non-hydrogen) atoms. The van der Waals surface area contributed by atoms with Crippen LogP contribution < -0.4 is 25.4 Å². The first kappa shape index (κ1) is 20.2. The number of aromatic nitrogens is 1. The molecule has 150 valence electrons. The van der Waals surface area contributed by atoms with E-state index in [-0.39, 0.29) is 5.91 Å². The lowest BCUT2D eigenvalue weighted by atomic mass is 10.3. The Bertz CT molecular complexity index is 1030. The Balaban J connectivity index is 1.69. The predicted octanol–water partition coefficient (Wildman–Crippen LogP) is 4.37. The molecule has 0 unspecified atom stereocenters. The molecule has 0 spiro atoms. The molecule has 0 saturated carbocycles. The fraction of sp³-hybridized carbons (Fsp3) is 0.150. The molecular weight excluding hydrogens is 392 g/mol. The molecule has 0 aliphatic rings. The average molecular weight is 412 g/mol. The van der Waals surface area contributed by atoms with Crippen LogP contribution in [0, 0.1) is 6.92 Å². The van der Waals surface area contributed by atoms with Crippen LogP contribution in [0.4, 0.5) is 21.3 Å². The van der Waals surface area contributed by atoms with Gasteiger partial charge in [-0.25, -0.2) is 9.78 Å². The quantitative estimate of drug-likeness (QED) is 0.558. The normalized spacial score (nSPS) is 10.2. The van der Waals surface area contributed by atoms with Crippen LogP contribution in [0.15, 0.2) is 48.5 Å². The molecule has 3 amide bonds. The number of rotatable bonds is 6. The molecule has 3 N–H and O–H groups in total. The molecule has 0 radical (unpaired) electrons. The monoisotopic (exact) mass is 412 g/mol. The van der Waals surface area contributed by atoms with E-state index < -0.39 is 6.03 Å². The van der Waals surface area contributed by atoms with Crippen LogP contribution in [-0.2, 0) is 0 Å². The van der Waals surface area contributed by atoms with Gasteiger partial charge in [-0.2, -0.15) is 0 Å². The molecule has 0 fully saturated rings. The largest absolute Gasteiger partial charge is 0.495 e. The van der Waals surface area contributed by atoms with Crippen LogP contribution in [0.2, 0.25) is 0 Å². The van der Waals surface area contributed by atoms with Gasteiger partial charge in [-0.1, -0.05) is 35.6 Å². The number of carbonyl (C=O) groups is 2. The van der Waals surface area contributed by atoms with E-state index in [1.54, 1.807) is 49.4 Å². The number of para-hydroxylation sites is 4. The third-order valence-corrected chi connectivity index (χ3v) is 5.01. The highest BCUT2D eigenvalue weighted by Gasteiger charge is 2.18. The number of hydrogen-bond acceptors (Lipinski definition) is 6. The first-order valence-corrected chi connectivity index (χ1v) is 9.46. The van der Waals surface area contributed by atoms with Gasteiger partial charge >= 0.3 is 6.03 Å². The van der Waals surface area contributed by atoms with Gasteiger partial charge in [-0.3, -0.25) is 10.1 Å². The molecule has 8 nitrogen and oxygen atoms in total. The van der Waals surface area contributed by atoms with E-state index in [9.17, 15) is 9.59 Å². The fourth-order valence-corrected chi connectivity index (χ4v) is 3.44. The maximum atomic E-state index is 12.6. The van der Waals surface area contributed by atoms with Crippen molar-refractivity contribution in [2.75, 3.05) is 30.2 Å². The summed E-state index contributed by atoms with van der Waals surface area (Å²) < 4.78 is 10.5. The lowest BCUT2D eigenvalue weighted by molar-refractivity contribution is 0.102. The van der Waals surface area contributed by atoms with Crippen molar-refractivity contribution in [1.82, 2.24) is 4.98 Å². The summed E-state index contributed by atoms with van der Waals surface area (Å²) in [6, 6.07) is 13.7. The Morgan fingerprint density at radius 2 is 1.41 bits per heavy atom. The summed E-state index contributed by atoms with van der Waals surface area (Å²) in [5.41, 5.74) is 1.58. The van der Waals surface area contributed by atoms with Gasteiger partial charge in [0.1, 0.15) is 16.4 Å². The molecule has 1 aromatic heterocycles. The zero-order chi connectivity index (χ0) is 20.8. The number of benzene rings is 2. The molecule has 2 aromatic carbocycles. The van der Waals surface area contributed by atoms with Gasteiger partial charge < -0.3 is 20.1 Å². The van der Waals surface area contributed by atoms with Gasteiger partial charge in [0.05, 0.1) is 31.3 Å². The van der Waals surface area contributed by atoms with Gasteiger partial charge in [0.15, 0.2) is 5.13 Å². The molecule has 0 saturated heterocycles. The van der Waals surface area contributed by atoms with Crippen LogP contribution in [0.5, 0.6) is 11.5 Å². The van der Waals surface area contributed by atoms with Crippen LogP contribution >= 0.6 is 11.3 Å². The number of thiazole rings is 1. The number of urea groups is 1. The number of carbonyl (C=O) groups excluding carboxylic acids is 2. The number of methoxy groups -OCH3 is 2. The van der Waals surface area contributed by atoms with E-state index in [0.717, 1.165) is 11.3 Å². The summed E-state index contributed by atoms with van der Waals surface area (Å²) in [6.45, 7) is 1.71. The molecule has 0 aliphatic carbocycles. The van der Waals surface area contributed by atoms with Gasteiger partial charge in [0.2, 0.25) is 0 Å². The van der Waals surface area contributed by atoms with E-state index in [2.05, 4.69) is 20.9 Å². The number of amides is 3. The second kappa shape index (κ2) is 9.07. The minimum Gasteiger partial charge on any atom is -0.495 e. The molecule has 3 rings (SSSR count). The minimum absolute atomic E-state index is 0.306. The maximum Gasteiger partial charge on any atom is 0.325 e. The van der Waals surface area contributed by atoms with Crippen molar-refractivity contribution < 1.29 is 19.1 Å². The third kappa shape index (κ3) is 4.82. The van der Waals surface area contributed by atoms with Crippen LogP contribution in [0.1, 0.15) is 15.4 Å². The van der Waals surface area contributed by atoms with Gasteiger partial charge in [0.25, 0.3) is 5.91 Å². The lowest BCUT2D eigenvalue weighted by Gasteiger charge is -2.09. The summed E-state index contributed by atoms with van der Waals surface area (Å²) in [5.74, 6) is 0.759. The van der Waals surface area contributed by atoms with E-state index in [0.29, 0.717) is 38.6 Å². The van der Waals surface area contributed by atoms with Crippen LogP contribution in [-0.4, -0.2) is 31.1 Å². The van der Waals surface area contributed by atoms with Crippen molar-refractivity contribution in [2.24, 2.45) is 0 Å². The predicted molar refractivity (Wildman–Crippen MR) is 113 cm³/mol. The van der Waals surface area contributed by atoms with E-state index in [1.807, 2.05) is 6.07 Å². The van der Waals surface area contributed by atoms with Gasteiger partial charge in [-0.15, -0.1) is 0 Å². The maximum absolute atomic E-state index is 12.6. The summed E-state index contributed by atoms with van der Waals surface area (Å²) in [5, 5.41) is 8.45. The molecule has 0 atom stereocenters. The third-order valence-electron chi connectivity index (χ3n) is 3.93. The first-order chi connectivity index (χ1) is 14.0. The zero-order valence-electron chi connectivity index (χ0n) is 16.1.